The average molecular weight is 445 g/mol. The molecule has 0 saturated carbocycles. The van der Waals surface area contributed by atoms with Crippen LogP contribution in [0.3, 0.4) is 0 Å². The Balaban J connectivity index is 1.83. The Labute approximate surface area is 180 Å². The number of nitrogens with zero attached hydrogens (tertiary/aromatic N) is 1. The smallest absolute Gasteiger partial charge is 0.262 e. The molecule has 1 heterocycles. The summed E-state index contributed by atoms with van der Waals surface area (Å²) in [6.07, 6.45) is 1.89. The molecule has 156 valence electrons. The summed E-state index contributed by atoms with van der Waals surface area (Å²) in [4.78, 5) is 28.4. The van der Waals surface area contributed by atoms with E-state index in [0.717, 1.165) is 12.8 Å². The number of hydrogen-bond donors (Lipinski definition) is 1. The maximum Gasteiger partial charge on any atom is 0.262 e. The molecule has 8 heteroatoms. The predicted molar refractivity (Wildman–Crippen MR) is 114 cm³/mol. The van der Waals surface area contributed by atoms with Gasteiger partial charge in [-0.15, -0.1) is 0 Å². The van der Waals surface area contributed by atoms with E-state index in [4.69, 9.17) is 11.6 Å². The van der Waals surface area contributed by atoms with Crippen molar-refractivity contribution in [2.75, 3.05) is 13.1 Å². The molecule has 0 radical (unpaired) electrons. The van der Waals surface area contributed by atoms with Crippen molar-refractivity contribution in [2.45, 2.75) is 24.7 Å². The van der Waals surface area contributed by atoms with Crippen LogP contribution in [-0.2, 0) is 10.0 Å². The van der Waals surface area contributed by atoms with Gasteiger partial charge < -0.3 is 4.90 Å². The van der Waals surface area contributed by atoms with Crippen LogP contribution in [0.15, 0.2) is 64.8 Å². The third kappa shape index (κ3) is 3.75. The number of halogens is 1. The maximum atomic E-state index is 13.3. The van der Waals surface area contributed by atoms with Gasteiger partial charge in [0.25, 0.3) is 10.0 Å². The second kappa shape index (κ2) is 7.89. The molecule has 1 aliphatic heterocycles. The number of allylic oxidation sites excluding steroid dienone is 2. The monoisotopic (exact) mass is 444 g/mol. The van der Waals surface area contributed by atoms with Gasteiger partial charge in [0.15, 0.2) is 0 Å². The van der Waals surface area contributed by atoms with Crippen LogP contribution in [0.1, 0.15) is 40.5 Å². The molecule has 1 fully saturated rings. The van der Waals surface area contributed by atoms with Crippen LogP contribution in [0, 0.1) is 5.92 Å². The summed E-state index contributed by atoms with van der Waals surface area (Å²) in [7, 11) is -4.09. The predicted octanol–water partition coefficient (Wildman–Crippen LogP) is 3.64. The minimum atomic E-state index is -4.09. The van der Waals surface area contributed by atoms with E-state index >= 15 is 0 Å². The number of carbonyl (C=O) groups excluding carboxylic acids is 2. The number of fused-ring (bicyclic) bond motifs is 1. The largest absolute Gasteiger partial charge is 0.366 e. The van der Waals surface area contributed by atoms with Crippen LogP contribution in [0.4, 0.5) is 0 Å². The average Bonchev–Trinajstić information content (AvgIpc) is 2.72. The number of likely N-dealkylation sites (tertiary alicyclic amines) is 1. The Hall–Kier alpha value is -2.64. The van der Waals surface area contributed by atoms with E-state index in [-0.39, 0.29) is 27.6 Å². The van der Waals surface area contributed by atoms with Gasteiger partial charge in [-0.1, -0.05) is 42.8 Å². The maximum absolute atomic E-state index is 13.3. The fraction of sp³-hybridized carbons (Fsp3) is 0.273. The van der Waals surface area contributed by atoms with E-state index in [9.17, 15) is 18.0 Å². The summed E-state index contributed by atoms with van der Waals surface area (Å²) in [5.74, 6) is -0.510. The summed E-state index contributed by atoms with van der Waals surface area (Å²) in [6, 6.07) is 12.1. The molecule has 1 atom stereocenters. The molecule has 6 nitrogen and oxygen atoms in total. The molecule has 1 N–H and O–H groups in total. The number of Topliss-reactive ketones (excluding diaryl/α,β-unsaturated/α-hetero) is 2. The first kappa shape index (κ1) is 20.6. The molecule has 0 amide bonds. The highest BCUT2D eigenvalue weighted by molar-refractivity contribution is 7.89. The van der Waals surface area contributed by atoms with Gasteiger partial charge in [0.05, 0.1) is 4.90 Å². The molecule has 1 saturated heterocycles. The topological polar surface area (TPSA) is 83.6 Å². The number of piperidine rings is 1. The number of carbonyl (C=O) groups is 2. The molecule has 0 bridgehead atoms. The van der Waals surface area contributed by atoms with Crippen molar-refractivity contribution < 1.29 is 18.0 Å². The molecule has 2 aliphatic rings. The first-order valence-electron chi connectivity index (χ1n) is 9.74. The third-order valence-electron chi connectivity index (χ3n) is 5.43. The fourth-order valence-electron chi connectivity index (χ4n) is 3.96. The molecule has 2 aromatic carbocycles. The Morgan fingerprint density at radius 2 is 1.63 bits per heavy atom. The number of hydrogen-bond acceptors (Lipinski definition) is 5. The van der Waals surface area contributed by atoms with Gasteiger partial charge in [0.2, 0.25) is 11.6 Å². The highest BCUT2D eigenvalue weighted by Gasteiger charge is 2.38. The number of nitrogens with one attached hydrogen (secondary N) is 1. The van der Waals surface area contributed by atoms with E-state index in [2.05, 4.69) is 11.6 Å². The number of benzene rings is 2. The van der Waals surface area contributed by atoms with Crippen molar-refractivity contribution in [3.8, 4) is 0 Å². The van der Waals surface area contributed by atoms with Crippen LogP contribution in [0.2, 0.25) is 5.02 Å². The molecule has 0 spiro atoms. The van der Waals surface area contributed by atoms with E-state index in [0.29, 0.717) is 29.6 Å². The van der Waals surface area contributed by atoms with Gasteiger partial charge in [-0.05, 0) is 43.0 Å². The highest BCUT2D eigenvalue weighted by Crippen LogP contribution is 2.31. The summed E-state index contributed by atoms with van der Waals surface area (Å²) >= 11 is 5.86. The van der Waals surface area contributed by atoms with E-state index < -0.39 is 15.8 Å². The lowest BCUT2D eigenvalue weighted by atomic mass is 9.88. The lowest BCUT2D eigenvalue weighted by Crippen LogP contribution is -2.43. The van der Waals surface area contributed by atoms with Crippen molar-refractivity contribution in [3.63, 3.8) is 0 Å². The Kier molecular flexibility index (Phi) is 5.42. The molecular weight excluding hydrogens is 424 g/mol. The van der Waals surface area contributed by atoms with Gasteiger partial charge in [-0.3, -0.25) is 14.3 Å². The molecule has 4 rings (SSSR count). The quantitative estimate of drug-likeness (QED) is 0.778. The van der Waals surface area contributed by atoms with Gasteiger partial charge in [-0.25, -0.2) is 8.42 Å². The van der Waals surface area contributed by atoms with Crippen molar-refractivity contribution in [1.29, 1.82) is 0 Å². The van der Waals surface area contributed by atoms with Crippen molar-refractivity contribution in [2.24, 2.45) is 5.92 Å². The Morgan fingerprint density at radius 1 is 1.00 bits per heavy atom. The summed E-state index contributed by atoms with van der Waals surface area (Å²) in [5, 5.41) is 0.397. The molecule has 30 heavy (non-hydrogen) atoms. The van der Waals surface area contributed by atoms with Crippen molar-refractivity contribution >= 4 is 33.2 Å². The Bertz CT molecular complexity index is 1160. The summed E-state index contributed by atoms with van der Waals surface area (Å²) < 4.78 is 28.4. The lowest BCUT2D eigenvalue weighted by molar-refractivity contribution is 0.0920. The van der Waals surface area contributed by atoms with Gasteiger partial charge in [-0.2, -0.15) is 0 Å². The molecule has 2 aromatic rings. The minimum Gasteiger partial charge on any atom is -0.366 e. The second-order valence-corrected chi connectivity index (χ2v) is 9.80. The zero-order chi connectivity index (χ0) is 21.5. The molecular formula is C22H21ClN2O4S. The first-order valence-corrected chi connectivity index (χ1v) is 11.6. The van der Waals surface area contributed by atoms with Crippen LogP contribution in [0.5, 0.6) is 0 Å². The van der Waals surface area contributed by atoms with Crippen LogP contribution in [0.25, 0.3) is 0 Å². The molecule has 0 aromatic heterocycles. The summed E-state index contributed by atoms with van der Waals surface area (Å²) in [6.45, 7) is 3.25. The van der Waals surface area contributed by atoms with Gasteiger partial charge in [0, 0.05) is 29.2 Å². The lowest BCUT2D eigenvalue weighted by Gasteiger charge is -2.36. The van der Waals surface area contributed by atoms with E-state index in [1.54, 1.807) is 24.3 Å². The van der Waals surface area contributed by atoms with Crippen molar-refractivity contribution in [3.05, 3.63) is 76.1 Å². The second-order valence-electron chi connectivity index (χ2n) is 7.68. The highest BCUT2D eigenvalue weighted by atomic mass is 35.5. The van der Waals surface area contributed by atoms with Gasteiger partial charge >= 0.3 is 0 Å². The number of rotatable bonds is 4. The molecule has 1 aliphatic carbocycles. The molecule has 0 unspecified atom stereocenters. The fourth-order valence-corrected chi connectivity index (χ4v) is 5.15. The zero-order valence-electron chi connectivity index (χ0n) is 16.4. The van der Waals surface area contributed by atoms with Crippen molar-refractivity contribution in [1.82, 2.24) is 9.62 Å². The number of ketones is 2. The Morgan fingerprint density at radius 3 is 2.27 bits per heavy atom. The van der Waals surface area contributed by atoms with E-state index in [1.807, 2.05) is 4.90 Å². The summed E-state index contributed by atoms with van der Waals surface area (Å²) in [5.41, 5.74) is 0.431. The van der Waals surface area contributed by atoms with Crippen LogP contribution < -0.4 is 4.72 Å². The van der Waals surface area contributed by atoms with Crippen LogP contribution >= 0.6 is 11.6 Å². The zero-order valence-corrected chi connectivity index (χ0v) is 18.0. The SMILES string of the molecule is C[C@H]1CCCN(C2=C(NS(=O)(=O)c3ccc(Cl)cc3)C(=O)c3ccccc3C2=O)C1. The third-order valence-corrected chi connectivity index (χ3v) is 7.05. The minimum absolute atomic E-state index is 0.0372. The van der Waals surface area contributed by atoms with Crippen LogP contribution in [-0.4, -0.2) is 38.0 Å². The standard InChI is InChI=1S/C22H21ClN2O4S/c1-14-5-4-12-25(13-14)20-19(21(26)17-6-2-3-7-18(17)22(20)27)24-30(28,29)16-10-8-15(23)9-11-16/h2-3,6-11,14,24H,4-5,12-13H2,1H3/t14-/m0/s1. The number of sulfonamides is 1. The van der Waals surface area contributed by atoms with E-state index in [1.165, 1.54) is 24.3 Å². The van der Waals surface area contributed by atoms with Gasteiger partial charge in [0.1, 0.15) is 11.4 Å². The first-order chi connectivity index (χ1) is 14.3. The normalized spacial score (nSPS) is 19.7.